The quantitative estimate of drug-likeness (QED) is 0.501. The SMILES string of the molecule is CCC/C=C1\c2ccccc2C(C(=O)OCC)(C(=O)OCC)C1CCC. The number of unbranched alkanes of at least 4 members (excludes halogenated alkanes) is 1. The first-order valence-corrected chi connectivity index (χ1v) is 9.73. The van der Waals surface area contributed by atoms with Gasteiger partial charge in [0.05, 0.1) is 13.2 Å². The van der Waals surface area contributed by atoms with Crippen LogP contribution in [-0.2, 0) is 24.5 Å². The fraction of sp³-hybridized carbons (Fsp3) is 0.545. The standard InChI is InChI=1S/C22H30O4/c1-5-9-13-16-17-14-10-11-15-19(17)22(18(16)12-6-2,20(23)25-7-3)21(24)26-8-4/h10-11,13-15,18H,5-9,12H2,1-4H3/b16-13+. The summed E-state index contributed by atoms with van der Waals surface area (Å²) in [6.45, 7) is 8.18. The van der Waals surface area contributed by atoms with Crippen LogP contribution in [-0.4, -0.2) is 25.2 Å². The van der Waals surface area contributed by atoms with Gasteiger partial charge in [-0.1, -0.05) is 57.0 Å². The Balaban J connectivity index is 2.76. The minimum atomic E-state index is -1.40. The van der Waals surface area contributed by atoms with Crippen LogP contribution >= 0.6 is 0 Å². The first kappa shape index (κ1) is 20.2. The van der Waals surface area contributed by atoms with E-state index in [1.807, 2.05) is 24.3 Å². The van der Waals surface area contributed by atoms with Crippen molar-refractivity contribution in [1.82, 2.24) is 0 Å². The van der Waals surface area contributed by atoms with Crippen LogP contribution < -0.4 is 0 Å². The van der Waals surface area contributed by atoms with Gasteiger partial charge < -0.3 is 9.47 Å². The molecular weight excluding hydrogens is 328 g/mol. The molecule has 4 nitrogen and oxygen atoms in total. The van der Waals surface area contributed by atoms with Gasteiger partial charge in [0.15, 0.2) is 5.41 Å². The van der Waals surface area contributed by atoms with Gasteiger partial charge >= 0.3 is 11.9 Å². The maximum absolute atomic E-state index is 13.2. The summed E-state index contributed by atoms with van der Waals surface area (Å²) in [7, 11) is 0. The summed E-state index contributed by atoms with van der Waals surface area (Å²) in [6.07, 6.45) is 5.69. The van der Waals surface area contributed by atoms with Crippen LogP contribution in [0.15, 0.2) is 30.3 Å². The minimum absolute atomic E-state index is 0.231. The van der Waals surface area contributed by atoms with Gasteiger partial charge in [0.25, 0.3) is 0 Å². The number of hydrogen-bond donors (Lipinski definition) is 0. The molecule has 0 fully saturated rings. The van der Waals surface area contributed by atoms with Crippen molar-refractivity contribution in [3.8, 4) is 0 Å². The number of allylic oxidation sites excluding steroid dienone is 2. The lowest BCUT2D eigenvalue weighted by atomic mass is 9.71. The molecule has 1 aromatic rings. The van der Waals surface area contributed by atoms with Crippen LogP contribution in [0.1, 0.15) is 64.5 Å². The first-order valence-electron chi connectivity index (χ1n) is 9.73. The summed E-state index contributed by atoms with van der Waals surface area (Å²) < 4.78 is 10.8. The molecule has 2 rings (SSSR count). The molecule has 26 heavy (non-hydrogen) atoms. The highest BCUT2D eigenvalue weighted by molar-refractivity contribution is 6.12. The Morgan fingerprint density at radius 2 is 1.62 bits per heavy atom. The zero-order valence-corrected chi connectivity index (χ0v) is 16.3. The fourth-order valence-electron chi connectivity index (χ4n) is 3.98. The number of fused-ring (bicyclic) bond motifs is 1. The summed E-state index contributed by atoms with van der Waals surface area (Å²) in [5, 5.41) is 0. The largest absolute Gasteiger partial charge is 0.465 e. The van der Waals surface area contributed by atoms with E-state index >= 15 is 0 Å². The third kappa shape index (κ3) is 3.29. The lowest BCUT2D eigenvalue weighted by Crippen LogP contribution is -2.49. The molecule has 0 bridgehead atoms. The number of carbonyl (C=O) groups is 2. The van der Waals surface area contributed by atoms with E-state index in [1.165, 1.54) is 0 Å². The summed E-state index contributed by atoms with van der Waals surface area (Å²) in [6, 6.07) is 7.70. The van der Waals surface area contributed by atoms with E-state index in [0.717, 1.165) is 42.4 Å². The van der Waals surface area contributed by atoms with Crippen LogP contribution in [0, 0.1) is 5.92 Å². The van der Waals surface area contributed by atoms with Crippen molar-refractivity contribution in [2.75, 3.05) is 13.2 Å². The van der Waals surface area contributed by atoms with E-state index < -0.39 is 17.4 Å². The molecule has 0 spiro atoms. The van der Waals surface area contributed by atoms with Crippen molar-refractivity contribution >= 4 is 17.5 Å². The molecule has 0 aromatic heterocycles. The van der Waals surface area contributed by atoms with Gasteiger partial charge in [0, 0.05) is 5.92 Å². The topological polar surface area (TPSA) is 52.6 Å². The molecule has 0 aliphatic heterocycles. The molecule has 1 aliphatic carbocycles. The van der Waals surface area contributed by atoms with Crippen molar-refractivity contribution in [3.63, 3.8) is 0 Å². The van der Waals surface area contributed by atoms with Crippen molar-refractivity contribution in [2.24, 2.45) is 5.92 Å². The van der Waals surface area contributed by atoms with Gasteiger partial charge in [-0.15, -0.1) is 0 Å². The predicted molar refractivity (Wildman–Crippen MR) is 103 cm³/mol. The molecule has 0 radical (unpaired) electrons. The second kappa shape index (κ2) is 9.02. The minimum Gasteiger partial charge on any atom is -0.465 e. The van der Waals surface area contributed by atoms with Crippen LogP contribution in [0.5, 0.6) is 0 Å². The molecular formula is C22H30O4. The van der Waals surface area contributed by atoms with Gasteiger partial charge in [-0.05, 0) is 43.4 Å². The van der Waals surface area contributed by atoms with Crippen molar-refractivity contribution in [1.29, 1.82) is 0 Å². The lowest BCUT2D eigenvalue weighted by Gasteiger charge is -2.32. The van der Waals surface area contributed by atoms with E-state index in [9.17, 15) is 9.59 Å². The average Bonchev–Trinajstić information content (AvgIpc) is 2.91. The summed E-state index contributed by atoms with van der Waals surface area (Å²) in [5.74, 6) is -1.25. The highest BCUT2D eigenvalue weighted by atomic mass is 16.6. The average molecular weight is 358 g/mol. The van der Waals surface area contributed by atoms with Crippen molar-refractivity contribution in [2.45, 2.75) is 58.8 Å². The van der Waals surface area contributed by atoms with Gasteiger partial charge in [-0.2, -0.15) is 0 Å². The van der Waals surface area contributed by atoms with Gasteiger partial charge in [0.1, 0.15) is 0 Å². The summed E-state index contributed by atoms with van der Waals surface area (Å²) >= 11 is 0. The van der Waals surface area contributed by atoms with E-state index in [0.29, 0.717) is 0 Å². The van der Waals surface area contributed by atoms with Gasteiger partial charge in [0.2, 0.25) is 0 Å². The predicted octanol–water partition coefficient (Wildman–Crippen LogP) is 4.66. The highest BCUT2D eigenvalue weighted by Crippen LogP contribution is 2.53. The van der Waals surface area contributed by atoms with Gasteiger partial charge in [-0.3, -0.25) is 9.59 Å². The van der Waals surface area contributed by atoms with E-state index in [4.69, 9.17) is 9.47 Å². The van der Waals surface area contributed by atoms with E-state index in [1.54, 1.807) is 13.8 Å². The van der Waals surface area contributed by atoms with Gasteiger partial charge in [-0.25, -0.2) is 0 Å². The molecule has 0 saturated heterocycles. The van der Waals surface area contributed by atoms with Crippen LogP contribution in [0.25, 0.3) is 5.57 Å². The smallest absolute Gasteiger partial charge is 0.328 e. The number of rotatable bonds is 8. The van der Waals surface area contributed by atoms with E-state index in [2.05, 4.69) is 19.9 Å². The zero-order chi connectivity index (χ0) is 19.2. The molecule has 0 heterocycles. The molecule has 1 unspecified atom stereocenters. The van der Waals surface area contributed by atoms with Crippen LogP contribution in [0.2, 0.25) is 0 Å². The molecule has 0 N–H and O–H groups in total. The highest BCUT2D eigenvalue weighted by Gasteiger charge is 2.61. The van der Waals surface area contributed by atoms with Crippen molar-refractivity contribution < 1.29 is 19.1 Å². The number of esters is 2. The number of ether oxygens (including phenoxy) is 2. The Bertz CT molecular complexity index is 656. The number of benzene rings is 1. The second-order valence-corrected chi connectivity index (χ2v) is 6.58. The molecule has 1 atom stereocenters. The second-order valence-electron chi connectivity index (χ2n) is 6.58. The Morgan fingerprint density at radius 1 is 1.00 bits per heavy atom. The number of carbonyl (C=O) groups excluding carboxylic acids is 2. The van der Waals surface area contributed by atoms with E-state index in [-0.39, 0.29) is 19.1 Å². The maximum atomic E-state index is 13.2. The van der Waals surface area contributed by atoms with Crippen LogP contribution in [0.4, 0.5) is 0 Å². The molecule has 0 saturated carbocycles. The third-order valence-corrected chi connectivity index (χ3v) is 4.99. The monoisotopic (exact) mass is 358 g/mol. The first-order chi connectivity index (χ1) is 12.6. The van der Waals surface area contributed by atoms with Crippen molar-refractivity contribution in [3.05, 3.63) is 41.5 Å². The molecule has 1 aliphatic rings. The molecule has 1 aromatic carbocycles. The Morgan fingerprint density at radius 3 is 2.15 bits per heavy atom. The Labute approximate surface area is 156 Å². The fourth-order valence-corrected chi connectivity index (χ4v) is 3.98. The maximum Gasteiger partial charge on any atom is 0.328 e. The normalized spacial score (nSPS) is 19.2. The molecule has 142 valence electrons. The zero-order valence-electron chi connectivity index (χ0n) is 16.3. The molecule has 4 heteroatoms. The Kier molecular flexibility index (Phi) is 7.01. The Hall–Kier alpha value is -2.10. The molecule has 0 amide bonds. The summed E-state index contributed by atoms with van der Waals surface area (Å²) in [5.41, 5.74) is 1.36. The number of hydrogen-bond acceptors (Lipinski definition) is 4. The lowest BCUT2D eigenvalue weighted by molar-refractivity contribution is -0.166. The summed E-state index contributed by atoms with van der Waals surface area (Å²) in [4.78, 5) is 26.4. The van der Waals surface area contributed by atoms with Crippen LogP contribution in [0.3, 0.4) is 0 Å². The third-order valence-electron chi connectivity index (χ3n) is 4.99.